The summed E-state index contributed by atoms with van der Waals surface area (Å²) in [5.74, 6) is -4.14. The molecule has 4 N–H and O–H groups in total. The average Bonchev–Trinajstić information content (AvgIpc) is 3.26. The second kappa shape index (κ2) is 12.3. The first-order valence-electron chi connectivity index (χ1n) is 11.5. The number of amides is 2. The van der Waals surface area contributed by atoms with Crippen molar-refractivity contribution in [3.63, 3.8) is 0 Å². The molecule has 206 valence electrons. The van der Waals surface area contributed by atoms with Crippen LogP contribution in [0.4, 0.5) is 13.2 Å². The van der Waals surface area contributed by atoms with Crippen LogP contribution in [0.15, 0.2) is 54.6 Å². The molecular weight excluding hydrogens is 523 g/mol. The first-order valence-corrected chi connectivity index (χ1v) is 11.5. The summed E-state index contributed by atoms with van der Waals surface area (Å²) >= 11 is 0. The summed E-state index contributed by atoms with van der Waals surface area (Å²) < 4.78 is 37.7. The number of carbonyl (C=O) groups is 4. The van der Waals surface area contributed by atoms with E-state index in [4.69, 9.17) is 19.8 Å². The number of ketones is 1. The molecule has 1 aromatic heterocycles. The van der Waals surface area contributed by atoms with Crippen molar-refractivity contribution in [1.29, 1.82) is 0 Å². The van der Waals surface area contributed by atoms with E-state index in [1.165, 1.54) is 0 Å². The number of aromatic nitrogens is 1. The van der Waals surface area contributed by atoms with Crippen molar-refractivity contribution in [2.45, 2.75) is 38.6 Å². The maximum atomic E-state index is 12.6. The Labute approximate surface area is 219 Å². The molecule has 4 rings (SSSR count). The molecule has 0 bridgehead atoms. The van der Waals surface area contributed by atoms with E-state index in [1.54, 1.807) is 29.7 Å². The molecule has 2 amide bonds. The summed E-state index contributed by atoms with van der Waals surface area (Å²) in [6, 6.07) is 15.9. The lowest BCUT2D eigenvalue weighted by molar-refractivity contribution is -0.192. The summed E-state index contributed by atoms with van der Waals surface area (Å²) in [7, 11) is 0. The van der Waals surface area contributed by atoms with Crippen LogP contribution in [0.1, 0.15) is 34.5 Å². The second-order valence-electron chi connectivity index (χ2n) is 8.67. The molecule has 1 fully saturated rings. The Kier molecular flexibility index (Phi) is 9.20. The molecule has 0 spiro atoms. The average molecular weight is 547 g/mol. The van der Waals surface area contributed by atoms with E-state index in [1.807, 2.05) is 37.3 Å². The Morgan fingerprint density at radius 3 is 2.33 bits per heavy atom. The normalized spacial score (nSPS) is 16.7. The number of halogens is 3. The van der Waals surface area contributed by atoms with Gasteiger partial charge in [0.1, 0.15) is 18.1 Å². The van der Waals surface area contributed by atoms with Gasteiger partial charge in [0, 0.05) is 41.1 Å². The lowest BCUT2D eigenvalue weighted by atomic mass is 10.0. The molecule has 1 saturated carbocycles. The van der Waals surface area contributed by atoms with Crippen LogP contribution < -0.4 is 15.5 Å². The summed E-state index contributed by atoms with van der Waals surface area (Å²) in [5.41, 5.74) is 4.78. The van der Waals surface area contributed by atoms with E-state index in [0.29, 0.717) is 17.9 Å². The Balaban J connectivity index is 0.000000532. The van der Waals surface area contributed by atoms with Gasteiger partial charge in [0.25, 0.3) is 5.91 Å². The number of benzene rings is 2. The van der Waals surface area contributed by atoms with E-state index in [9.17, 15) is 27.6 Å². The zero-order valence-electron chi connectivity index (χ0n) is 20.5. The van der Waals surface area contributed by atoms with Crippen LogP contribution in [0, 0.1) is 12.8 Å². The summed E-state index contributed by atoms with van der Waals surface area (Å²) in [5, 5.41) is 19.7. The van der Waals surface area contributed by atoms with Gasteiger partial charge in [0.15, 0.2) is 0 Å². The summed E-state index contributed by atoms with van der Waals surface area (Å²) in [4.78, 5) is 49.4. The lowest BCUT2D eigenvalue weighted by Crippen LogP contribution is -2.43. The molecule has 3 aromatic rings. The number of ether oxygens (including phenoxy) is 1. The van der Waals surface area contributed by atoms with E-state index in [2.05, 4.69) is 10.3 Å². The van der Waals surface area contributed by atoms with Crippen molar-refractivity contribution in [3.8, 4) is 5.75 Å². The SMILES string of the molecule is Cc1cc(COc2ccc(C(=O)N[C@@H]3CC(=O)C[C@@H]3C(=O)NO)cc2)c2ccccc2n1.O=C(O)C(F)(F)F. The van der Waals surface area contributed by atoms with Crippen molar-refractivity contribution in [3.05, 3.63) is 71.4 Å². The van der Waals surface area contributed by atoms with Crippen molar-refractivity contribution in [2.24, 2.45) is 5.92 Å². The highest BCUT2D eigenvalue weighted by Gasteiger charge is 2.39. The molecule has 0 aliphatic heterocycles. The Morgan fingerprint density at radius 2 is 1.72 bits per heavy atom. The van der Waals surface area contributed by atoms with Crippen LogP contribution in [-0.4, -0.2) is 51.1 Å². The molecule has 13 heteroatoms. The van der Waals surface area contributed by atoms with Crippen molar-refractivity contribution >= 4 is 34.5 Å². The van der Waals surface area contributed by atoms with Gasteiger partial charge in [-0.15, -0.1) is 0 Å². The predicted octanol–water partition coefficient (Wildman–Crippen LogP) is 3.34. The number of alkyl halides is 3. The number of hydrogen-bond donors (Lipinski definition) is 4. The predicted molar refractivity (Wildman–Crippen MR) is 130 cm³/mol. The van der Waals surface area contributed by atoms with Gasteiger partial charge in [0.2, 0.25) is 5.91 Å². The van der Waals surface area contributed by atoms with Crippen molar-refractivity contribution in [1.82, 2.24) is 15.8 Å². The van der Waals surface area contributed by atoms with Crippen LogP contribution in [0.25, 0.3) is 10.9 Å². The van der Waals surface area contributed by atoms with Gasteiger partial charge < -0.3 is 15.2 Å². The third-order valence-corrected chi connectivity index (χ3v) is 5.83. The number of pyridine rings is 1. The standard InChI is InChI=1S/C24H23N3O5.C2HF3O2/c1-14-10-16(19-4-2-3-5-21(19)25-14)13-32-18-8-6-15(7-9-18)23(29)26-22-12-17(28)11-20(22)24(30)27-31;3-2(4,5)1(6)7/h2-10,20,22,31H,11-13H2,1H3,(H,26,29)(H,27,30);(H,6,7)/t20-,22+;/m0./s1. The van der Waals surface area contributed by atoms with Gasteiger partial charge in [-0.2, -0.15) is 13.2 Å². The number of para-hydroxylation sites is 1. The molecule has 2 atom stereocenters. The molecule has 1 aliphatic rings. The number of hydrogen-bond acceptors (Lipinski definition) is 7. The monoisotopic (exact) mass is 547 g/mol. The second-order valence-corrected chi connectivity index (χ2v) is 8.67. The Bertz CT molecular complexity index is 1380. The molecule has 39 heavy (non-hydrogen) atoms. The molecule has 0 saturated heterocycles. The number of hydroxylamine groups is 1. The number of carboxylic acids is 1. The lowest BCUT2D eigenvalue weighted by Gasteiger charge is -2.18. The highest BCUT2D eigenvalue weighted by atomic mass is 19.4. The number of carboxylic acid groups (broad SMARTS) is 1. The third-order valence-electron chi connectivity index (χ3n) is 5.83. The van der Waals surface area contributed by atoms with Gasteiger partial charge >= 0.3 is 12.1 Å². The number of rotatable bonds is 6. The fourth-order valence-corrected chi connectivity index (χ4v) is 4.00. The van der Waals surface area contributed by atoms with Crippen LogP contribution in [-0.2, 0) is 21.0 Å². The number of nitrogens with one attached hydrogen (secondary N) is 2. The number of nitrogens with zero attached hydrogens (tertiary/aromatic N) is 1. The Hall–Kier alpha value is -4.52. The number of Topliss-reactive ketones (excluding diaryl/α,β-unsaturated/α-hetero) is 1. The van der Waals surface area contributed by atoms with Crippen molar-refractivity contribution in [2.75, 3.05) is 0 Å². The summed E-state index contributed by atoms with van der Waals surface area (Å²) in [6.07, 6.45) is -5.03. The number of carbonyl (C=O) groups excluding carboxylic acids is 3. The fourth-order valence-electron chi connectivity index (χ4n) is 4.00. The van der Waals surface area contributed by atoms with Crippen LogP contribution >= 0.6 is 0 Å². The highest BCUT2D eigenvalue weighted by molar-refractivity contribution is 5.97. The molecule has 2 aromatic carbocycles. The number of fused-ring (bicyclic) bond motifs is 1. The van der Waals surface area contributed by atoms with Crippen LogP contribution in [0.2, 0.25) is 0 Å². The van der Waals surface area contributed by atoms with E-state index in [-0.39, 0.29) is 18.6 Å². The van der Waals surface area contributed by atoms with Gasteiger partial charge in [-0.1, -0.05) is 18.2 Å². The van der Waals surface area contributed by atoms with Gasteiger partial charge in [-0.05, 0) is 43.3 Å². The topological polar surface area (TPSA) is 155 Å². The molecular formula is C26H24F3N3O7. The molecule has 0 radical (unpaired) electrons. The zero-order valence-corrected chi connectivity index (χ0v) is 20.5. The van der Waals surface area contributed by atoms with Crippen LogP contribution in [0.3, 0.4) is 0 Å². The third kappa shape index (κ3) is 7.74. The van der Waals surface area contributed by atoms with E-state index < -0.39 is 35.9 Å². The quantitative estimate of drug-likeness (QED) is 0.271. The van der Waals surface area contributed by atoms with E-state index >= 15 is 0 Å². The maximum Gasteiger partial charge on any atom is 0.490 e. The minimum Gasteiger partial charge on any atom is -0.489 e. The van der Waals surface area contributed by atoms with E-state index in [0.717, 1.165) is 22.2 Å². The first kappa shape index (κ1) is 29.0. The first-order chi connectivity index (χ1) is 18.4. The minimum absolute atomic E-state index is 0.00667. The van der Waals surface area contributed by atoms with Gasteiger partial charge in [-0.25, -0.2) is 10.3 Å². The molecule has 10 nitrogen and oxygen atoms in total. The van der Waals surface area contributed by atoms with Gasteiger partial charge in [0.05, 0.1) is 11.4 Å². The number of aliphatic carboxylic acids is 1. The van der Waals surface area contributed by atoms with Crippen molar-refractivity contribution < 1.29 is 47.4 Å². The molecule has 0 unspecified atom stereocenters. The smallest absolute Gasteiger partial charge is 0.489 e. The zero-order chi connectivity index (χ0) is 28.7. The minimum atomic E-state index is -5.08. The molecule has 1 aliphatic carbocycles. The van der Waals surface area contributed by atoms with Crippen LogP contribution in [0.5, 0.6) is 5.75 Å². The fraction of sp³-hybridized carbons (Fsp3) is 0.269. The maximum absolute atomic E-state index is 12.6. The summed E-state index contributed by atoms with van der Waals surface area (Å²) in [6.45, 7) is 2.30. The number of aryl methyl sites for hydroxylation is 1. The largest absolute Gasteiger partial charge is 0.490 e. The highest BCUT2D eigenvalue weighted by Crippen LogP contribution is 2.24. The van der Waals surface area contributed by atoms with Gasteiger partial charge in [-0.3, -0.25) is 24.6 Å². The Morgan fingerprint density at radius 1 is 1.08 bits per heavy atom. The molecule has 1 heterocycles.